The number of alkyl halides is 3. The van der Waals surface area contributed by atoms with E-state index in [4.69, 9.17) is 11.6 Å². The largest absolute Gasteiger partial charge is 0.573 e. The van der Waals surface area contributed by atoms with Gasteiger partial charge in [-0.3, -0.25) is 4.79 Å². The molecule has 0 aliphatic carbocycles. The normalized spacial score (nSPS) is 11.3. The van der Waals surface area contributed by atoms with Crippen molar-refractivity contribution in [2.45, 2.75) is 13.3 Å². The zero-order chi connectivity index (χ0) is 15.6. The molecule has 0 aliphatic heterocycles. The molecule has 0 saturated heterocycles. The molecule has 0 N–H and O–H groups in total. The molecule has 2 aromatic carbocycles. The molecular weight excluding hydrogens is 305 g/mol. The van der Waals surface area contributed by atoms with Crippen LogP contribution in [0, 0.1) is 0 Å². The molecule has 0 amide bonds. The lowest BCUT2D eigenvalue weighted by atomic mass is 10.0. The maximum Gasteiger partial charge on any atom is 0.573 e. The number of ether oxygens (including phenoxy) is 1. The minimum atomic E-state index is -4.75. The van der Waals surface area contributed by atoms with Crippen LogP contribution >= 0.6 is 11.6 Å². The zero-order valence-corrected chi connectivity index (χ0v) is 11.6. The van der Waals surface area contributed by atoms with Gasteiger partial charge in [0.1, 0.15) is 5.75 Å². The van der Waals surface area contributed by atoms with E-state index in [9.17, 15) is 18.0 Å². The van der Waals surface area contributed by atoms with Gasteiger partial charge >= 0.3 is 6.36 Å². The Morgan fingerprint density at radius 1 is 1.10 bits per heavy atom. The van der Waals surface area contributed by atoms with Gasteiger partial charge in [-0.05, 0) is 48.4 Å². The Morgan fingerprint density at radius 2 is 1.81 bits per heavy atom. The fourth-order valence-electron chi connectivity index (χ4n) is 1.83. The zero-order valence-electron chi connectivity index (χ0n) is 10.9. The highest BCUT2D eigenvalue weighted by molar-refractivity contribution is 6.31. The number of hydrogen-bond acceptors (Lipinski definition) is 2. The predicted octanol–water partition coefficient (Wildman–Crippen LogP) is 5.11. The van der Waals surface area contributed by atoms with Gasteiger partial charge in [-0.25, -0.2) is 0 Å². The average Bonchev–Trinajstić information content (AvgIpc) is 2.36. The molecule has 110 valence electrons. The average molecular weight is 315 g/mol. The standard InChI is InChI=1S/C15H10ClF3O2/c1-9(20)11-5-12(7-13(16)6-11)10-3-2-4-14(8-10)21-15(17,18)19/h2-8H,1H3. The number of carbonyl (C=O) groups is 1. The van der Waals surface area contributed by atoms with Crippen molar-refractivity contribution in [2.24, 2.45) is 0 Å². The second-order valence-corrected chi connectivity index (χ2v) is 4.80. The van der Waals surface area contributed by atoms with Crippen molar-refractivity contribution in [3.8, 4) is 16.9 Å². The van der Waals surface area contributed by atoms with Gasteiger partial charge in [-0.15, -0.1) is 13.2 Å². The smallest absolute Gasteiger partial charge is 0.406 e. The van der Waals surface area contributed by atoms with Crippen molar-refractivity contribution >= 4 is 17.4 Å². The van der Waals surface area contributed by atoms with E-state index in [0.717, 1.165) is 0 Å². The van der Waals surface area contributed by atoms with Gasteiger partial charge in [0.15, 0.2) is 5.78 Å². The third-order valence-electron chi connectivity index (χ3n) is 2.71. The lowest BCUT2D eigenvalue weighted by Gasteiger charge is -2.11. The van der Waals surface area contributed by atoms with Crippen molar-refractivity contribution in [2.75, 3.05) is 0 Å². The van der Waals surface area contributed by atoms with Gasteiger partial charge in [0.2, 0.25) is 0 Å². The first-order valence-corrected chi connectivity index (χ1v) is 6.30. The van der Waals surface area contributed by atoms with Crippen LogP contribution in [-0.2, 0) is 0 Å². The van der Waals surface area contributed by atoms with Crippen LogP contribution in [0.3, 0.4) is 0 Å². The number of Topliss-reactive ketones (excluding diaryl/α,β-unsaturated/α-hetero) is 1. The summed E-state index contributed by atoms with van der Waals surface area (Å²) in [5, 5.41) is 0.333. The summed E-state index contributed by atoms with van der Waals surface area (Å²) in [5.74, 6) is -0.509. The lowest BCUT2D eigenvalue weighted by Crippen LogP contribution is -2.17. The van der Waals surface area contributed by atoms with Crippen LogP contribution < -0.4 is 4.74 Å². The van der Waals surface area contributed by atoms with Crippen LogP contribution in [0.25, 0.3) is 11.1 Å². The van der Waals surface area contributed by atoms with Gasteiger partial charge in [-0.1, -0.05) is 23.7 Å². The van der Waals surface area contributed by atoms with E-state index in [0.29, 0.717) is 21.7 Å². The number of ketones is 1. The monoisotopic (exact) mass is 314 g/mol. The fourth-order valence-corrected chi connectivity index (χ4v) is 2.07. The Morgan fingerprint density at radius 3 is 2.43 bits per heavy atom. The highest BCUT2D eigenvalue weighted by Gasteiger charge is 2.31. The molecule has 0 saturated carbocycles. The summed E-state index contributed by atoms with van der Waals surface area (Å²) in [6, 6.07) is 10.1. The molecule has 2 aromatic rings. The second kappa shape index (κ2) is 5.77. The van der Waals surface area contributed by atoms with Gasteiger partial charge in [0, 0.05) is 10.6 Å². The number of carbonyl (C=O) groups excluding carboxylic acids is 1. The molecular formula is C15H10ClF3O2. The molecule has 0 radical (unpaired) electrons. The van der Waals surface area contributed by atoms with Gasteiger partial charge < -0.3 is 4.74 Å². The van der Waals surface area contributed by atoms with E-state index in [2.05, 4.69) is 4.74 Å². The summed E-state index contributed by atoms with van der Waals surface area (Å²) in [6.07, 6.45) is -4.75. The molecule has 0 fully saturated rings. The summed E-state index contributed by atoms with van der Waals surface area (Å²) in [5.41, 5.74) is 1.40. The van der Waals surface area contributed by atoms with Gasteiger partial charge in [0.05, 0.1) is 0 Å². The number of halogens is 4. The van der Waals surface area contributed by atoms with Crippen molar-refractivity contribution in [1.29, 1.82) is 0 Å². The maximum absolute atomic E-state index is 12.2. The van der Waals surface area contributed by atoms with Gasteiger partial charge in [-0.2, -0.15) is 0 Å². The molecule has 2 rings (SSSR count). The van der Waals surface area contributed by atoms with Gasteiger partial charge in [0.25, 0.3) is 0 Å². The number of benzene rings is 2. The minimum absolute atomic E-state index is 0.179. The van der Waals surface area contributed by atoms with Crippen molar-refractivity contribution in [3.63, 3.8) is 0 Å². The Kier molecular flexibility index (Phi) is 4.23. The molecule has 0 aliphatic rings. The first-order valence-electron chi connectivity index (χ1n) is 5.92. The van der Waals surface area contributed by atoms with Crippen LogP contribution in [-0.4, -0.2) is 12.1 Å². The van der Waals surface area contributed by atoms with Crippen LogP contribution in [0.4, 0.5) is 13.2 Å². The minimum Gasteiger partial charge on any atom is -0.406 e. The lowest BCUT2D eigenvalue weighted by molar-refractivity contribution is -0.274. The van der Waals surface area contributed by atoms with Crippen molar-refractivity contribution < 1.29 is 22.7 Å². The Bertz CT molecular complexity index is 681. The molecule has 0 unspecified atom stereocenters. The Hall–Kier alpha value is -2.01. The first-order chi connectivity index (χ1) is 9.74. The molecule has 6 heteroatoms. The highest BCUT2D eigenvalue weighted by Crippen LogP contribution is 2.30. The van der Waals surface area contributed by atoms with Crippen molar-refractivity contribution in [3.05, 3.63) is 53.1 Å². The molecule has 0 aromatic heterocycles. The molecule has 21 heavy (non-hydrogen) atoms. The van der Waals surface area contributed by atoms with Crippen LogP contribution in [0.2, 0.25) is 5.02 Å². The topological polar surface area (TPSA) is 26.3 Å². The van der Waals surface area contributed by atoms with Crippen LogP contribution in [0.1, 0.15) is 17.3 Å². The summed E-state index contributed by atoms with van der Waals surface area (Å²) in [4.78, 5) is 11.4. The third kappa shape index (κ3) is 4.23. The van der Waals surface area contributed by atoms with E-state index in [1.807, 2.05) is 0 Å². The molecule has 0 heterocycles. The quantitative estimate of drug-likeness (QED) is 0.736. The van der Waals surface area contributed by atoms with E-state index < -0.39 is 6.36 Å². The summed E-state index contributed by atoms with van der Waals surface area (Å²) < 4.78 is 40.5. The summed E-state index contributed by atoms with van der Waals surface area (Å²) >= 11 is 5.93. The van der Waals surface area contributed by atoms with E-state index in [-0.39, 0.29) is 11.5 Å². The molecule has 2 nitrogen and oxygen atoms in total. The summed E-state index contributed by atoms with van der Waals surface area (Å²) in [7, 11) is 0. The molecule has 0 atom stereocenters. The Labute approximate surface area is 124 Å². The number of hydrogen-bond donors (Lipinski definition) is 0. The maximum atomic E-state index is 12.2. The summed E-state index contributed by atoms with van der Waals surface area (Å²) in [6.45, 7) is 1.39. The SMILES string of the molecule is CC(=O)c1cc(Cl)cc(-c2cccc(OC(F)(F)F)c2)c1. The van der Waals surface area contributed by atoms with E-state index in [1.54, 1.807) is 18.2 Å². The highest BCUT2D eigenvalue weighted by atomic mass is 35.5. The predicted molar refractivity (Wildman–Crippen MR) is 73.6 cm³/mol. The Balaban J connectivity index is 2.42. The van der Waals surface area contributed by atoms with Crippen molar-refractivity contribution in [1.82, 2.24) is 0 Å². The van der Waals surface area contributed by atoms with E-state index in [1.165, 1.54) is 31.2 Å². The first kappa shape index (κ1) is 15.4. The third-order valence-corrected chi connectivity index (χ3v) is 2.92. The second-order valence-electron chi connectivity index (χ2n) is 4.36. The fraction of sp³-hybridized carbons (Fsp3) is 0.133. The molecule has 0 spiro atoms. The van der Waals surface area contributed by atoms with Crippen LogP contribution in [0.15, 0.2) is 42.5 Å². The molecule has 0 bridgehead atoms. The van der Waals surface area contributed by atoms with Crippen LogP contribution in [0.5, 0.6) is 5.75 Å². The van der Waals surface area contributed by atoms with E-state index >= 15 is 0 Å². The number of rotatable bonds is 3.